The predicted octanol–water partition coefficient (Wildman–Crippen LogP) is 4.50. The molecule has 7 nitrogen and oxygen atoms in total. The van der Waals surface area contributed by atoms with E-state index in [1.807, 2.05) is 12.1 Å². The average molecular weight is 380 g/mol. The molecule has 2 aromatic heterocycles. The zero-order valence-electron chi connectivity index (χ0n) is 14.0. The molecule has 0 aliphatic heterocycles. The number of nitro benzene ring substituents is 1. The molecule has 4 rings (SSSR count). The summed E-state index contributed by atoms with van der Waals surface area (Å²) in [4.78, 5) is 27.2. The third-order valence-corrected chi connectivity index (χ3v) is 4.94. The van der Waals surface area contributed by atoms with E-state index < -0.39 is 10.5 Å². The molecule has 0 aliphatic carbocycles. The molecule has 0 saturated heterocycles. The highest BCUT2D eigenvalue weighted by atomic mass is 32.1. The Morgan fingerprint density at radius 3 is 2.67 bits per heavy atom. The molecule has 0 saturated carbocycles. The second-order valence-corrected chi connectivity index (χ2v) is 6.53. The summed E-state index contributed by atoms with van der Waals surface area (Å²) in [6.07, 6.45) is 0. The molecule has 27 heavy (non-hydrogen) atoms. The van der Waals surface area contributed by atoms with E-state index in [9.17, 15) is 14.9 Å². The van der Waals surface area contributed by atoms with Gasteiger partial charge in [-0.05, 0) is 24.3 Å². The second-order valence-electron chi connectivity index (χ2n) is 5.67. The number of fused-ring (bicyclic) bond motifs is 1. The standard InChI is InChI=1S/C19H12N2O5S/c1-25-16-4-2-3-12-9-14(19(22)26-17(12)16)15-10-27-18(20-15)11-5-7-13(8-6-11)21(23)24/h2-10H,1H3. The molecule has 0 amide bonds. The van der Waals surface area contributed by atoms with Gasteiger partial charge in [-0.15, -0.1) is 11.3 Å². The summed E-state index contributed by atoms with van der Waals surface area (Å²) in [5.74, 6) is 0.487. The summed E-state index contributed by atoms with van der Waals surface area (Å²) in [7, 11) is 1.51. The second kappa shape index (κ2) is 6.65. The maximum absolute atomic E-state index is 12.4. The van der Waals surface area contributed by atoms with Crippen molar-refractivity contribution in [1.29, 1.82) is 0 Å². The zero-order chi connectivity index (χ0) is 19.0. The summed E-state index contributed by atoms with van der Waals surface area (Å²) >= 11 is 1.35. The molecule has 2 heterocycles. The first-order chi connectivity index (χ1) is 13.1. The molecule has 0 aliphatic rings. The lowest BCUT2D eigenvalue weighted by Gasteiger charge is -2.04. The van der Waals surface area contributed by atoms with Gasteiger partial charge in [-0.25, -0.2) is 9.78 Å². The van der Waals surface area contributed by atoms with Crippen LogP contribution >= 0.6 is 11.3 Å². The number of aromatic nitrogens is 1. The topological polar surface area (TPSA) is 95.5 Å². The lowest BCUT2D eigenvalue weighted by molar-refractivity contribution is -0.384. The Morgan fingerprint density at radius 1 is 1.19 bits per heavy atom. The van der Waals surface area contributed by atoms with Crippen molar-refractivity contribution in [3.05, 3.63) is 74.4 Å². The summed E-state index contributed by atoms with van der Waals surface area (Å²) in [6, 6.07) is 13.2. The fourth-order valence-electron chi connectivity index (χ4n) is 2.71. The van der Waals surface area contributed by atoms with E-state index in [0.29, 0.717) is 27.6 Å². The number of nitrogens with zero attached hydrogens (tertiary/aromatic N) is 2. The Kier molecular flexibility index (Phi) is 4.17. The summed E-state index contributed by atoms with van der Waals surface area (Å²) < 4.78 is 10.7. The first-order valence-electron chi connectivity index (χ1n) is 7.88. The van der Waals surface area contributed by atoms with E-state index in [-0.39, 0.29) is 5.69 Å². The van der Waals surface area contributed by atoms with Crippen LogP contribution < -0.4 is 10.4 Å². The number of hydrogen-bond acceptors (Lipinski definition) is 7. The smallest absolute Gasteiger partial charge is 0.345 e. The molecular formula is C19H12N2O5S. The van der Waals surface area contributed by atoms with E-state index in [1.54, 1.807) is 29.6 Å². The monoisotopic (exact) mass is 380 g/mol. The van der Waals surface area contributed by atoms with Gasteiger partial charge in [-0.2, -0.15) is 0 Å². The number of ether oxygens (including phenoxy) is 1. The van der Waals surface area contributed by atoms with Crippen LogP contribution in [0.25, 0.3) is 32.8 Å². The number of hydrogen-bond donors (Lipinski definition) is 0. The molecule has 8 heteroatoms. The van der Waals surface area contributed by atoms with Crippen molar-refractivity contribution >= 4 is 28.0 Å². The number of benzene rings is 2. The van der Waals surface area contributed by atoms with Crippen LogP contribution in [-0.2, 0) is 0 Å². The van der Waals surface area contributed by atoms with Crippen LogP contribution in [0.5, 0.6) is 5.75 Å². The Bertz CT molecular complexity index is 1210. The fraction of sp³-hybridized carbons (Fsp3) is 0.0526. The van der Waals surface area contributed by atoms with Gasteiger partial charge in [0.05, 0.1) is 23.3 Å². The highest BCUT2D eigenvalue weighted by Gasteiger charge is 2.15. The molecule has 4 aromatic rings. The normalized spacial score (nSPS) is 10.9. The van der Waals surface area contributed by atoms with Gasteiger partial charge >= 0.3 is 5.63 Å². The van der Waals surface area contributed by atoms with Crippen LogP contribution in [0.15, 0.2) is 63.1 Å². The van der Waals surface area contributed by atoms with Crippen molar-refractivity contribution in [2.24, 2.45) is 0 Å². The molecule has 0 unspecified atom stereocenters. The number of thiazole rings is 1. The Hall–Kier alpha value is -3.52. The first kappa shape index (κ1) is 16.9. The number of methoxy groups -OCH3 is 1. The van der Waals surface area contributed by atoms with Crippen LogP contribution in [0.2, 0.25) is 0 Å². The van der Waals surface area contributed by atoms with Gasteiger partial charge in [-0.3, -0.25) is 10.1 Å². The van der Waals surface area contributed by atoms with Crippen LogP contribution in [0.4, 0.5) is 5.69 Å². The molecule has 0 bridgehead atoms. The molecule has 0 N–H and O–H groups in total. The van der Waals surface area contributed by atoms with Crippen LogP contribution in [0.1, 0.15) is 0 Å². The van der Waals surface area contributed by atoms with E-state index in [0.717, 1.165) is 10.9 Å². The number of non-ortho nitro benzene ring substituents is 1. The van der Waals surface area contributed by atoms with Crippen molar-refractivity contribution in [2.75, 3.05) is 7.11 Å². The maximum atomic E-state index is 12.4. The van der Waals surface area contributed by atoms with Gasteiger partial charge in [-0.1, -0.05) is 12.1 Å². The summed E-state index contributed by atoms with van der Waals surface area (Å²) in [6.45, 7) is 0. The highest BCUT2D eigenvalue weighted by Crippen LogP contribution is 2.31. The van der Waals surface area contributed by atoms with Crippen LogP contribution in [0.3, 0.4) is 0 Å². The highest BCUT2D eigenvalue weighted by molar-refractivity contribution is 7.13. The zero-order valence-corrected chi connectivity index (χ0v) is 14.9. The minimum Gasteiger partial charge on any atom is -0.493 e. The van der Waals surface area contributed by atoms with E-state index >= 15 is 0 Å². The Labute approximate surface area is 156 Å². The maximum Gasteiger partial charge on any atom is 0.345 e. The van der Waals surface area contributed by atoms with Crippen LogP contribution in [-0.4, -0.2) is 17.0 Å². The molecule has 134 valence electrons. The number of rotatable bonds is 4. The van der Waals surface area contributed by atoms with Gasteiger partial charge in [0.1, 0.15) is 5.01 Å². The van der Waals surface area contributed by atoms with E-state index in [4.69, 9.17) is 9.15 Å². The minimum absolute atomic E-state index is 0.0136. The third-order valence-electron chi connectivity index (χ3n) is 4.05. The third kappa shape index (κ3) is 3.06. The molecule has 0 atom stereocenters. The van der Waals surface area contributed by atoms with Crippen molar-refractivity contribution < 1.29 is 14.1 Å². The van der Waals surface area contributed by atoms with Crippen LogP contribution in [0, 0.1) is 10.1 Å². The van der Waals surface area contributed by atoms with Gasteiger partial charge in [0.25, 0.3) is 5.69 Å². The molecule has 0 fully saturated rings. The predicted molar refractivity (Wildman–Crippen MR) is 102 cm³/mol. The van der Waals surface area contributed by atoms with Gasteiger partial charge in [0, 0.05) is 28.5 Å². The van der Waals surface area contributed by atoms with Crippen molar-refractivity contribution in [1.82, 2.24) is 4.98 Å². The number of para-hydroxylation sites is 1. The molecular weight excluding hydrogens is 368 g/mol. The largest absolute Gasteiger partial charge is 0.493 e. The van der Waals surface area contributed by atoms with Gasteiger partial charge in [0.15, 0.2) is 11.3 Å². The van der Waals surface area contributed by atoms with Gasteiger partial charge in [0.2, 0.25) is 0 Å². The lowest BCUT2D eigenvalue weighted by atomic mass is 10.1. The Balaban J connectivity index is 1.76. The quantitative estimate of drug-likeness (QED) is 0.294. The fourth-order valence-corrected chi connectivity index (χ4v) is 3.54. The average Bonchev–Trinajstić information content (AvgIpc) is 3.17. The van der Waals surface area contributed by atoms with Crippen molar-refractivity contribution in [3.63, 3.8) is 0 Å². The first-order valence-corrected chi connectivity index (χ1v) is 8.76. The summed E-state index contributed by atoms with van der Waals surface area (Å²) in [5.41, 5.74) is 1.47. The SMILES string of the molecule is COc1cccc2cc(-c3csc(-c4ccc([N+](=O)[O-])cc4)n3)c(=O)oc12. The number of nitro groups is 1. The van der Waals surface area contributed by atoms with Crippen molar-refractivity contribution in [2.45, 2.75) is 0 Å². The van der Waals surface area contributed by atoms with E-state index in [1.165, 1.54) is 30.6 Å². The van der Waals surface area contributed by atoms with E-state index in [2.05, 4.69) is 4.98 Å². The van der Waals surface area contributed by atoms with Gasteiger partial charge < -0.3 is 9.15 Å². The summed E-state index contributed by atoms with van der Waals surface area (Å²) in [5, 5.41) is 13.9. The lowest BCUT2D eigenvalue weighted by Crippen LogP contribution is -2.03. The minimum atomic E-state index is -0.507. The molecule has 2 aromatic carbocycles. The molecule has 0 radical (unpaired) electrons. The Morgan fingerprint density at radius 2 is 1.96 bits per heavy atom. The van der Waals surface area contributed by atoms with Crippen molar-refractivity contribution in [3.8, 4) is 27.6 Å². The molecule has 0 spiro atoms.